The number of rotatable bonds is 9. The number of fused-ring (bicyclic) bond motifs is 1. The van der Waals surface area contributed by atoms with E-state index in [4.69, 9.17) is 4.74 Å². The van der Waals surface area contributed by atoms with Crippen LogP contribution in [0, 0.1) is 11.8 Å². The van der Waals surface area contributed by atoms with Gasteiger partial charge in [0.1, 0.15) is 11.6 Å². The van der Waals surface area contributed by atoms with Crippen LogP contribution in [0.3, 0.4) is 0 Å². The molecule has 33 heavy (non-hydrogen) atoms. The Kier molecular flexibility index (Phi) is 7.06. The zero-order valence-corrected chi connectivity index (χ0v) is 20.4. The van der Waals surface area contributed by atoms with Crippen LogP contribution in [-0.2, 0) is 19.1 Å². The van der Waals surface area contributed by atoms with E-state index in [-0.39, 0.29) is 30.4 Å². The maximum atomic E-state index is 14.0. The fourth-order valence-electron chi connectivity index (χ4n) is 7.05. The molecule has 2 unspecified atom stereocenters. The van der Waals surface area contributed by atoms with Crippen molar-refractivity contribution in [2.24, 2.45) is 11.8 Å². The maximum absolute atomic E-state index is 14.0. The molecule has 4 aliphatic rings. The molecule has 3 N–H and O–H groups in total. The summed E-state index contributed by atoms with van der Waals surface area (Å²) in [7, 11) is 0. The topological polar surface area (TPSA) is 108 Å². The number of nitrogens with one attached hydrogen (secondary N) is 2. The van der Waals surface area contributed by atoms with Gasteiger partial charge in [0.25, 0.3) is 0 Å². The zero-order chi connectivity index (χ0) is 23.8. The lowest BCUT2D eigenvalue weighted by Crippen LogP contribution is -2.59. The summed E-state index contributed by atoms with van der Waals surface area (Å²) in [6.07, 6.45) is 8.47. The number of nitrogens with zero attached hydrogens (tertiary/aromatic N) is 1. The van der Waals surface area contributed by atoms with Crippen molar-refractivity contribution in [2.45, 2.75) is 114 Å². The van der Waals surface area contributed by atoms with Gasteiger partial charge < -0.3 is 25.4 Å². The molecule has 0 aromatic heterocycles. The summed E-state index contributed by atoms with van der Waals surface area (Å²) in [5, 5.41) is 16.3. The lowest BCUT2D eigenvalue weighted by atomic mass is 9.65. The summed E-state index contributed by atoms with van der Waals surface area (Å²) in [6, 6.07) is -1.18. The van der Waals surface area contributed by atoms with Gasteiger partial charge in [-0.2, -0.15) is 0 Å². The van der Waals surface area contributed by atoms with Crippen molar-refractivity contribution < 1.29 is 24.2 Å². The van der Waals surface area contributed by atoms with Crippen molar-refractivity contribution in [2.75, 3.05) is 13.2 Å². The molecule has 3 saturated heterocycles. The van der Waals surface area contributed by atoms with E-state index in [0.29, 0.717) is 32.2 Å². The Hall–Kier alpha value is -1.67. The van der Waals surface area contributed by atoms with E-state index >= 15 is 0 Å². The van der Waals surface area contributed by atoms with Crippen molar-refractivity contribution in [1.29, 1.82) is 0 Å². The van der Waals surface area contributed by atoms with Crippen molar-refractivity contribution in [3.8, 4) is 0 Å². The first-order valence-electron chi connectivity index (χ1n) is 13.1. The number of ether oxygens (including phenoxy) is 1. The SMILES string of the molecule is CCCNC(=O)[C@H]1[C@H]2C(=O)N([C@@H](CC)CO)C(C(=O)NC3CCCCC3)C23CC[C@]1(CC)O3. The molecule has 1 spiro atoms. The average molecular weight is 464 g/mol. The largest absolute Gasteiger partial charge is 0.394 e. The fourth-order valence-corrected chi connectivity index (χ4v) is 7.05. The number of likely N-dealkylation sites (tertiary alicyclic amines) is 1. The van der Waals surface area contributed by atoms with E-state index in [1.807, 2.05) is 20.8 Å². The Bertz CT molecular complexity index is 765. The molecule has 6 atom stereocenters. The number of carbonyl (C=O) groups is 3. The lowest BCUT2D eigenvalue weighted by Gasteiger charge is -2.38. The summed E-state index contributed by atoms with van der Waals surface area (Å²) < 4.78 is 6.73. The van der Waals surface area contributed by atoms with Gasteiger partial charge in [0.15, 0.2) is 0 Å². The first-order chi connectivity index (χ1) is 15.9. The molecule has 3 heterocycles. The first-order valence-corrected chi connectivity index (χ1v) is 13.1. The van der Waals surface area contributed by atoms with Gasteiger partial charge in [-0.3, -0.25) is 14.4 Å². The number of hydrogen-bond acceptors (Lipinski definition) is 5. The van der Waals surface area contributed by atoms with Gasteiger partial charge in [-0.25, -0.2) is 0 Å². The van der Waals surface area contributed by atoms with Crippen molar-refractivity contribution >= 4 is 17.7 Å². The molecule has 0 aromatic rings. The molecular weight excluding hydrogens is 422 g/mol. The second kappa shape index (κ2) is 9.53. The molecule has 0 radical (unpaired) electrons. The standard InChI is InChI=1S/C25H41N3O5/c1-4-14-26-21(30)18-19-23(32)28(17(5-2)15-29)20(22(31)27-16-10-8-7-9-11-16)25(19)13-12-24(18,6-3)33-25/h16-20,29H,4-15H2,1-3H3,(H,26,30)(H,27,31)/t17-,18+,19-,20?,24-,25?/m0/s1. The number of aliphatic hydroxyl groups is 1. The predicted octanol–water partition coefficient (Wildman–Crippen LogP) is 1.89. The van der Waals surface area contributed by atoms with Gasteiger partial charge in [0.2, 0.25) is 17.7 Å². The minimum Gasteiger partial charge on any atom is -0.394 e. The number of carbonyl (C=O) groups excluding carboxylic acids is 3. The van der Waals surface area contributed by atoms with Gasteiger partial charge in [-0.15, -0.1) is 0 Å². The normalized spacial score (nSPS) is 36.7. The molecule has 4 fully saturated rings. The van der Waals surface area contributed by atoms with Gasteiger partial charge >= 0.3 is 0 Å². The predicted molar refractivity (Wildman–Crippen MR) is 123 cm³/mol. The van der Waals surface area contributed by atoms with Crippen LogP contribution in [0.2, 0.25) is 0 Å². The molecule has 4 rings (SSSR count). The molecule has 1 saturated carbocycles. The van der Waals surface area contributed by atoms with Gasteiger partial charge in [-0.1, -0.05) is 40.0 Å². The molecule has 2 bridgehead atoms. The van der Waals surface area contributed by atoms with Gasteiger partial charge in [-0.05, 0) is 44.9 Å². The van der Waals surface area contributed by atoms with Crippen molar-refractivity contribution in [3.63, 3.8) is 0 Å². The highest BCUT2D eigenvalue weighted by atomic mass is 16.5. The van der Waals surface area contributed by atoms with Gasteiger partial charge in [0.05, 0.1) is 30.1 Å². The summed E-state index contributed by atoms with van der Waals surface area (Å²) >= 11 is 0. The van der Waals surface area contributed by atoms with E-state index in [0.717, 1.165) is 32.1 Å². The Morgan fingerprint density at radius 1 is 1.15 bits per heavy atom. The first kappa shape index (κ1) is 24.5. The monoisotopic (exact) mass is 463 g/mol. The van der Waals surface area contributed by atoms with Crippen LogP contribution >= 0.6 is 0 Å². The van der Waals surface area contributed by atoms with Crippen LogP contribution in [0.15, 0.2) is 0 Å². The maximum Gasteiger partial charge on any atom is 0.246 e. The molecular formula is C25H41N3O5. The van der Waals surface area contributed by atoms with E-state index in [1.54, 1.807) is 4.90 Å². The van der Waals surface area contributed by atoms with Crippen LogP contribution in [0.4, 0.5) is 0 Å². The molecule has 1 aliphatic carbocycles. The van der Waals surface area contributed by atoms with Gasteiger partial charge in [0, 0.05) is 12.6 Å². The summed E-state index contributed by atoms with van der Waals surface area (Å²) in [5.74, 6) is -1.85. The highest BCUT2D eigenvalue weighted by Crippen LogP contribution is 2.64. The quantitative estimate of drug-likeness (QED) is 0.484. The summed E-state index contributed by atoms with van der Waals surface area (Å²) in [6.45, 7) is 6.24. The second-order valence-electron chi connectivity index (χ2n) is 10.5. The fraction of sp³-hybridized carbons (Fsp3) is 0.880. The second-order valence-corrected chi connectivity index (χ2v) is 10.5. The zero-order valence-electron chi connectivity index (χ0n) is 20.4. The Morgan fingerprint density at radius 3 is 2.48 bits per heavy atom. The lowest BCUT2D eigenvalue weighted by molar-refractivity contribution is -0.151. The van der Waals surface area contributed by atoms with Crippen LogP contribution in [0.25, 0.3) is 0 Å². The van der Waals surface area contributed by atoms with Crippen LogP contribution in [-0.4, -0.2) is 70.2 Å². The smallest absolute Gasteiger partial charge is 0.246 e. The number of amides is 3. The number of hydrogen-bond donors (Lipinski definition) is 3. The van der Waals surface area contributed by atoms with E-state index in [9.17, 15) is 19.5 Å². The third-order valence-electron chi connectivity index (χ3n) is 8.73. The summed E-state index contributed by atoms with van der Waals surface area (Å²) in [5.41, 5.74) is -1.73. The summed E-state index contributed by atoms with van der Waals surface area (Å²) in [4.78, 5) is 42.7. The minimum atomic E-state index is -1.01. The third kappa shape index (κ3) is 3.77. The van der Waals surface area contributed by atoms with Crippen molar-refractivity contribution in [1.82, 2.24) is 15.5 Å². The minimum absolute atomic E-state index is 0.107. The van der Waals surface area contributed by atoms with E-state index < -0.39 is 35.1 Å². The highest BCUT2D eigenvalue weighted by Gasteiger charge is 2.79. The molecule has 186 valence electrons. The highest BCUT2D eigenvalue weighted by molar-refractivity contribution is 5.99. The van der Waals surface area contributed by atoms with E-state index in [2.05, 4.69) is 10.6 Å². The third-order valence-corrected chi connectivity index (χ3v) is 8.73. The molecule has 3 aliphatic heterocycles. The Labute approximate surface area is 197 Å². The Morgan fingerprint density at radius 2 is 1.88 bits per heavy atom. The van der Waals surface area contributed by atoms with E-state index in [1.165, 1.54) is 6.42 Å². The molecule has 3 amide bonds. The van der Waals surface area contributed by atoms with Crippen LogP contribution in [0.1, 0.15) is 85.0 Å². The van der Waals surface area contributed by atoms with Crippen LogP contribution < -0.4 is 10.6 Å². The number of aliphatic hydroxyl groups excluding tert-OH is 1. The van der Waals surface area contributed by atoms with Crippen molar-refractivity contribution in [3.05, 3.63) is 0 Å². The molecule has 8 heteroatoms. The molecule has 8 nitrogen and oxygen atoms in total. The Balaban J connectivity index is 1.72. The molecule has 0 aromatic carbocycles. The average Bonchev–Trinajstić information content (AvgIpc) is 3.43. The van der Waals surface area contributed by atoms with Crippen LogP contribution in [0.5, 0.6) is 0 Å².